The Morgan fingerprint density at radius 2 is 2.28 bits per heavy atom. The Bertz CT molecular complexity index is 629. The summed E-state index contributed by atoms with van der Waals surface area (Å²) in [6.07, 6.45) is 8.33. The maximum Gasteiger partial charge on any atom is 0.222 e. The van der Waals surface area contributed by atoms with Gasteiger partial charge in [0.2, 0.25) is 5.28 Å². The summed E-state index contributed by atoms with van der Waals surface area (Å²) in [5, 5.41) is 7.34. The summed E-state index contributed by atoms with van der Waals surface area (Å²) in [5.41, 5.74) is 3.50. The van der Waals surface area contributed by atoms with E-state index in [1.54, 1.807) is 18.5 Å². The van der Waals surface area contributed by atoms with E-state index in [0.717, 1.165) is 35.5 Å². The fourth-order valence-electron chi connectivity index (χ4n) is 1.86. The van der Waals surface area contributed by atoms with Crippen LogP contribution in [0.25, 0.3) is 16.8 Å². The smallest absolute Gasteiger partial charge is 0.222 e. The third-order valence-electron chi connectivity index (χ3n) is 2.67. The molecule has 1 aliphatic heterocycles. The van der Waals surface area contributed by atoms with Crippen LogP contribution in [0.4, 0.5) is 0 Å². The fourth-order valence-corrected chi connectivity index (χ4v) is 2.01. The van der Waals surface area contributed by atoms with E-state index >= 15 is 0 Å². The Kier molecular flexibility index (Phi) is 2.90. The number of hydrogen-bond donors (Lipinski definition) is 1. The molecule has 0 aromatic carbocycles. The number of allylic oxidation sites excluding steroid dienone is 1. The van der Waals surface area contributed by atoms with Crippen LogP contribution in [0.2, 0.25) is 5.28 Å². The van der Waals surface area contributed by atoms with Gasteiger partial charge in [-0.1, -0.05) is 6.08 Å². The van der Waals surface area contributed by atoms with E-state index in [4.69, 9.17) is 11.6 Å². The van der Waals surface area contributed by atoms with Crippen molar-refractivity contribution in [1.29, 1.82) is 0 Å². The number of nitrogens with one attached hydrogen (secondary N) is 1. The molecule has 0 amide bonds. The lowest BCUT2D eigenvalue weighted by Crippen LogP contribution is -1.97. The summed E-state index contributed by atoms with van der Waals surface area (Å²) in [4.78, 5) is 12.3. The monoisotopic (exact) mass is 259 g/mol. The molecule has 0 bridgehead atoms. The molecule has 1 N–H and O–H groups in total. The van der Waals surface area contributed by atoms with Crippen molar-refractivity contribution < 1.29 is 0 Å². The van der Waals surface area contributed by atoms with Gasteiger partial charge in [0, 0.05) is 36.3 Å². The lowest BCUT2D eigenvalue weighted by Gasteiger charge is -2.06. The Hall–Kier alpha value is -2.01. The van der Waals surface area contributed by atoms with Crippen LogP contribution in [0.3, 0.4) is 0 Å². The molecular weight excluding hydrogens is 250 g/mol. The van der Waals surface area contributed by atoms with Gasteiger partial charge in [-0.2, -0.15) is 5.10 Å². The summed E-state index contributed by atoms with van der Waals surface area (Å²) < 4.78 is 0. The standard InChI is InChI=1S/C12H10ClN5/c13-12-15-5-3-10(17-12)9-7-16-18-11(9)8-2-1-4-14-6-8/h2-3,5-7H,1,4H2,(H,16,18). The molecule has 0 radical (unpaired) electrons. The highest BCUT2D eigenvalue weighted by atomic mass is 35.5. The summed E-state index contributed by atoms with van der Waals surface area (Å²) >= 11 is 5.81. The first-order valence-corrected chi connectivity index (χ1v) is 5.95. The molecule has 0 spiro atoms. The van der Waals surface area contributed by atoms with Crippen molar-refractivity contribution in [2.45, 2.75) is 6.42 Å². The zero-order valence-electron chi connectivity index (χ0n) is 9.47. The number of aliphatic imine (C=N–C) groups is 1. The van der Waals surface area contributed by atoms with Crippen molar-refractivity contribution in [2.24, 2.45) is 4.99 Å². The third-order valence-corrected chi connectivity index (χ3v) is 2.85. The molecule has 90 valence electrons. The topological polar surface area (TPSA) is 66.8 Å². The summed E-state index contributed by atoms with van der Waals surface area (Å²) in [5.74, 6) is 0. The van der Waals surface area contributed by atoms with Crippen LogP contribution in [0.15, 0.2) is 29.5 Å². The molecule has 0 saturated heterocycles. The molecule has 3 heterocycles. The van der Waals surface area contributed by atoms with Crippen LogP contribution in [-0.2, 0) is 0 Å². The van der Waals surface area contributed by atoms with Gasteiger partial charge in [0.1, 0.15) is 5.69 Å². The zero-order chi connectivity index (χ0) is 12.4. The van der Waals surface area contributed by atoms with Crippen molar-refractivity contribution in [3.05, 3.63) is 35.5 Å². The van der Waals surface area contributed by atoms with Gasteiger partial charge in [-0.15, -0.1) is 0 Å². The average Bonchev–Trinajstić information content (AvgIpc) is 2.89. The quantitative estimate of drug-likeness (QED) is 0.842. The highest BCUT2D eigenvalue weighted by Gasteiger charge is 2.14. The minimum atomic E-state index is 0.228. The van der Waals surface area contributed by atoms with E-state index in [9.17, 15) is 0 Å². The van der Waals surface area contributed by atoms with Crippen LogP contribution in [0.1, 0.15) is 12.1 Å². The minimum Gasteiger partial charge on any atom is -0.292 e. The predicted octanol–water partition coefficient (Wildman–Crippen LogP) is 2.38. The van der Waals surface area contributed by atoms with E-state index < -0.39 is 0 Å². The van der Waals surface area contributed by atoms with Crippen LogP contribution in [0, 0.1) is 0 Å². The second kappa shape index (κ2) is 4.70. The Labute approximate surface area is 109 Å². The van der Waals surface area contributed by atoms with Gasteiger partial charge in [0.05, 0.1) is 5.69 Å². The van der Waals surface area contributed by atoms with Crippen molar-refractivity contribution in [2.75, 3.05) is 6.54 Å². The van der Waals surface area contributed by atoms with Gasteiger partial charge in [0.25, 0.3) is 0 Å². The largest absolute Gasteiger partial charge is 0.292 e. The van der Waals surface area contributed by atoms with E-state index in [1.165, 1.54) is 0 Å². The number of rotatable bonds is 2. The number of halogens is 1. The molecule has 2 aromatic rings. The van der Waals surface area contributed by atoms with Crippen molar-refractivity contribution in [3.63, 3.8) is 0 Å². The number of dihydropyridines is 1. The van der Waals surface area contributed by atoms with Gasteiger partial charge in [-0.3, -0.25) is 10.1 Å². The Morgan fingerprint density at radius 1 is 1.33 bits per heavy atom. The lowest BCUT2D eigenvalue weighted by molar-refractivity contribution is 0.999. The highest BCUT2D eigenvalue weighted by Crippen LogP contribution is 2.26. The van der Waals surface area contributed by atoms with Gasteiger partial charge >= 0.3 is 0 Å². The molecular formula is C12H10ClN5. The average molecular weight is 260 g/mol. The maximum absolute atomic E-state index is 5.81. The molecule has 0 saturated carbocycles. The Balaban J connectivity index is 2.06. The fraction of sp³-hybridized carbons (Fsp3) is 0.167. The molecule has 0 atom stereocenters. The first-order chi connectivity index (χ1) is 8.84. The molecule has 1 aliphatic rings. The maximum atomic E-state index is 5.81. The SMILES string of the molecule is Clc1nccc(-c2c[nH]nc2C2=CCCN=C2)n1. The summed E-state index contributed by atoms with van der Waals surface area (Å²) in [6.45, 7) is 0.836. The van der Waals surface area contributed by atoms with E-state index in [1.807, 2.05) is 6.21 Å². The normalized spacial score (nSPS) is 14.6. The molecule has 0 aliphatic carbocycles. The zero-order valence-corrected chi connectivity index (χ0v) is 10.2. The van der Waals surface area contributed by atoms with Gasteiger partial charge < -0.3 is 0 Å². The molecule has 6 heteroatoms. The van der Waals surface area contributed by atoms with E-state index in [0.29, 0.717) is 0 Å². The first kappa shape index (κ1) is 11.1. The van der Waals surface area contributed by atoms with Crippen LogP contribution in [-0.4, -0.2) is 32.9 Å². The first-order valence-electron chi connectivity index (χ1n) is 5.57. The van der Waals surface area contributed by atoms with Gasteiger partial charge in [-0.05, 0) is 24.1 Å². The van der Waals surface area contributed by atoms with Crippen molar-refractivity contribution >= 4 is 23.4 Å². The molecule has 0 fully saturated rings. The highest BCUT2D eigenvalue weighted by molar-refractivity contribution is 6.28. The molecule has 2 aromatic heterocycles. The van der Waals surface area contributed by atoms with E-state index in [2.05, 4.69) is 31.2 Å². The number of H-pyrrole nitrogens is 1. The minimum absolute atomic E-state index is 0.228. The summed E-state index contributed by atoms with van der Waals surface area (Å²) in [6, 6.07) is 1.81. The lowest BCUT2D eigenvalue weighted by atomic mass is 10.0. The third kappa shape index (κ3) is 2.04. The van der Waals surface area contributed by atoms with Crippen LogP contribution in [0.5, 0.6) is 0 Å². The van der Waals surface area contributed by atoms with Crippen LogP contribution >= 0.6 is 11.6 Å². The number of nitrogens with zero attached hydrogens (tertiary/aromatic N) is 4. The number of aromatic amines is 1. The molecule has 3 rings (SSSR count). The van der Waals surface area contributed by atoms with E-state index in [-0.39, 0.29) is 5.28 Å². The number of aromatic nitrogens is 4. The van der Waals surface area contributed by atoms with Crippen molar-refractivity contribution in [1.82, 2.24) is 20.2 Å². The van der Waals surface area contributed by atoms with Gasteiger partial charge in [0.15, 0.2) is 0 Å². The molecule has 18 heavy (non-hydrogen) atoms. The predicted molar refractivity (Wildman–Crippen MR) is 70.6 cm³/mol. The van der Waals surface area contributed by atoms with Gasteiger partial charge in [-0.25, -0.2) is 9.97 Å². The molecule has 0 unspecified atom stereocenters. The molecule has 5 nitrogen and oxygen atoms in total. The second-order valence-electron chi connectivity index (χ2n) is 3.84. The van der Waals surface area contributed by atoms with Crippen molar-refractivity contribution in [3.8, 4) is 11.3 Å². The summed E-state index contributed by atoms with van der Waals surface area (Å²) in [7, 11) is 0. The van der Waals surface area contributed by atoms with Crippen LogP contribution < -0.4 is 0 Å². The number of hydrogen-bond acceptors (Lipinski definition) is 4. The Morgan fingerprint density at radius 3 is 3.06 bits per heavy atom. The second-order valence-corrected chi connectivity index (χ2v) is 4.18.